The Morgan fingerprint density at radius 2 is 2.36 bits per heavy atom. The van der Waals surface area contributed by atoms with E-state index in [0.717, 1.165) is 5.52 Å². The number of nitrogens with zero attached hydrogens (tertiary/aromatic N) is 5. The molecule has 2 aromatic heterocycles. The van der Waals surface area contributed by atoms with Gasteiger partial charge in [0.05, 0.1) is 18.6 Å². The molecule has 0 saturated carbocycles. The predicted octanol–water partition coefficient (Wildman–Crippen LogP) is -0.00402. The lowest BCUT2D eigenvalue weighted by molar-refractivity contribution is 0.846. The Morgan fingerprint density at radius 3 is 3.18 bits per heavy atom. The molecule has 2 aromatic rings. The zero-order valence-electron chi connectivity index (χ0n) is 5.47. The summed E-state index contributed by atoms with van der Waals surface area (Å²) < 4.78 is 1.51. The average Bonchev–Trinajstić information content (AvgIpc) is 2.50. The smallest absolute Gasteiger partial charge is 0.158 e. The van der Waals surface area contributed by atoms with Crippen LogP contribution in [0.5, 0.6) is 0 Å². The maximum absolute atomic E-state index is 8.46. The van der Waals surface area contributed by atoms with Gasteiger partial charge < -0.3 is 0 Å². The normalized spacial score (nSPS) is 9.73. The molecule has 2 rings (SSSR count). The van der Waals surface area contributed by atoms with E-state index in [9.17, 15) is 0 Å². The number of nitriles is 1. The molecule has 11 heavy (non-hydrogen) atoms. The van der Waals surface area contributed by atoms with Crippen molar-refractivity contribution >= 4 is 5.52 Å². The molecule has 5 heteroatoms. The molecule has 0 bridgehead atoms. The van der Waals surface area contributed by atoms with Crippen molar-refractivity contribution in [2.45, 2.75) is 0 Å². The van der Waals surface area contributed by atoms with E-state index in [0.29, 0.717) is 5.69 Å². The van der Waals surface area contributed by atoms with Gasteiger partial charge in [0.25, 0.3) is 0 Å². The van der Waals surface area contributed by atoms with Crippen molar-refractivity contribution in [3.8, 4) is 6.07 Å². The third-order valence-electron chi connectivity index (χ3n) is 1.30. The van der Waals surface area contributed by atoms with Crippen molar-refractivity contribution in [3.05, 3.63) is 24.3 Å². The first kappa shape index (κ1) is 5.80. The zero-order valence-corrected chi connectivity index (χ0v) is 5.47. The van der Waals surface area contributed by atoms with E-state index in [2.05, 4.69) is 15.3 Å². The van der Waals surface area contributed by atoms with E-state index in [1.807, 2.05) is 6.07 Å². The predicted molar refractivity (Wildman–Crippen MR) is 35.5 cm³/mol. The van der Waals surface area contributed by atoms with Gasteiger partial charge in [-0.3, -0.25) is 0 Å². The van der Waals surface area contributed by atoms with Gasteiger partial charge in [-0.15, -0.1) is 5.10 Å². The highest BCUT2D eigenvalue weighted by atomic mass is 15.4. The van der Waals surface area contributed by atoms with Crippen molar-refractivity contribution in [2.75, 3.05) is 0 Å². The van der Waals surface area contributed by atoms with Gasteiger partial charge in [0, 0.05) is 0 Å². The van der Waals surface area contributed by atoms with Gasteiger partial charge in [0.15, 0.2) is 5.69 Å². The van der Waals surface area contributed by atoms with Crippen molar-refractivity contribution in [3.63, 3.8) is 0 Å². The van der Waals surface area contributed by atoms with Crippen LogP contribution in [0.3, 0.4) is 0 Å². The lowest BCUT2D eigenvalue weighted by atomic mass is 10.5. The van der Waals surface area contributed by atoms with Gasteiger partial charge in [0.1, 0.15) is 11.6 Å². The van der Waals surface area contributed by atoms with Crippen LogP contribution in [0.4, 0.5) is 0 Å². The van der Waals surface area contributed by atoms with Crippen LogP contribution < -0.4 is 0 Å². The Kier molecular flexibility index (Phi) is 1.07. The topological polar surface area (TPSA) is 66.9 Å². The quantitative estimate of drug-likeness (QED) is 0.523. The van der Waals surface area contributed by atoms with E-state index in [4.69, 9.17) is 5.26 Å². The van der Waals surface area contributed by atoms with Gasteiger partial charge in [-0.25, -0.2) is 9.50 Å². The van der Waals surface area contributed by atoms with Crippen molar-refractivity contribution in [2.24, 2.45) is 0 Å². The van der Waals surface area contributed by atoms with Crippen molar-refractivity contribution < 1.29 is 0 Å². The third-order valence-corrected chi connectivity index (χ3v) is 1.30. The number of fused-ring (bicyclic) bond motifs is 1. The lowest BCUT2D eigenvalue weighted by Crippen LogP contribution is -1.91. The van der Waals surface area contributed by atoms with Gasteiger partial charge >= 0.3 is 0 Å². The summed E-state index contributed by atoms with van der Waals surface area (Å²) in [6, 6.07) is 1.91. The summed E-state index contributed by atoms with van der Waals surface area (Å²) >= 11 is 0. The molecule has 5 nitrogen and oxygen atoms in total. The third kappa shape index (κ3) is 0.809. The van der Waals surface area contributed by atoms with Crippen LogP contribution in [0.1, 0.15) is 5.69 Å². The fourth-order valence-corrected chi connectivity index (χ4v) is 0.787. The first-order valence-electron chi connectivity index (χ1n) is 2.96. The molecule has 0 aliphatic carbocycles. The molecule has 2 heterocycles. The molecule has 0 atom stereocenters. The van der Waals surface area contributed by atoms with E-state index in [-0.39, 0.29) is 0 Å². The molecule has 0 N–H and O–H groups in total. The highest BCUT2D eigenvalue weighted by molar-refractivity contribution is 5.41. The SMILES string of the molecule is N#Cc1cn2nncc2cn1. The molecule has 0 aliphatic heterocycles. The summed E-state index contributed by atoms with van der Waals surface area (Å²) in [5.41, 5.74) is 1.12. The molecular weight excluding hydrogens is 142 g/mol. The van der Waals surface area contributed by atoms with Gasteiger partial charge in [0.2, 0.25) is 0 Å². The molecule has 52 valence electrons. The first-order valence-corrected chi connectivity index (χ1v) is 2.96. The molecule has 0 unspecified atom stereocenters. The monoisotopic (exact) mass is 145 g/mol. The first-order chi connectivity index (χ1) is 5.40. The van der Waals surface area contributed by atoms with Crippen LogP contribution in [-0.4, -0.2) is 19.8 Å². The summed E-state index contributed by atoms with van der Waals surface area (Å²) in [4.78, 5) is 3.84. The summed E-state index contributed by atoms with van der Waals surface area (Å²) in [6.45, 7) is 0. The largest absolute Gasteiger partial charge is 0.242 e. The Hall–Kier alpha value is -1.96. The van der Waals surface area contributed by atoms with E-state index >= 15 is 0 Å². The minimum atomic E-state index is 0.336. The molecule has 0 radical (unpaired) electrons. The van der Waals surface area contributed by atoms with Crippen LogP contribution in [-0.2, 0) is 0 Å². The van der Waals surface area contributed by atoms with Gasteiger partial charge in [-0.05, 0) is 0 Å². The lowest BCUT2D eigenvalue weighted by Gasteiger charge is -1.88. The van der Waals surface area contributed by atoms with Crippen LogP contribution in [0, 0.1) is 11.3 Å². The molecular formula is C6H3N5. The van der Waals surface area contributed by atoms with Crippen molar-refractivity contribution in [1.82, 2.24) is 19.8 Å². The van der Waals surface area contributed by atoms with Crippen LogP contribution in [0.2, 0.25) is 0 Å². The van der Waals surface area contributed by atoms with E-state index in [1.165, 1.54) is 10.7 Å². The molecule has 0 spiro atoms. The maximum Gasteiger partial charge on any atom is 0.158 e. The van der Waals surface area contributed by atoms with Crippen LogP contribution >= 0.6 is 0 Å². The molecule has 0 amide bonds. The summed E-state index contributed by atoms with van der Waals surface area (Å²) in [6.07, 6.45) is 4.66. The standard InChI is InChI=1S/C6H3N5/c7-1-5-4-11-6(2-8-5)3-9-10-11/h2-4H. The maximum atomic E-state index is 8.46. The Morgan fingerprint density at radius 1 is 1.45 bits per heavy atom. The number of hydrogen-bond acceptors (Lipinski definition) is 4. The number of aromatic nitrogens is 4. The minimum absolute atomic E-state index is 0.336. The Balaban J connectivity index is 2.79. The second-order valence-corrected chi connectivity index (χ2v) is 1.99. The Bertz CT molecular complexity index is 424. The number of hydrogen-bond donors (Lipinski definition) is 0. The summed E-state index contributed by atoms with van der Waals surface area (Å²) in [5, 5.41) is 15.8. The number of rotatable bonds is 0. The van der Waals surface area contributed by atoms with E-state index < -0.39 is 0 Å². The van der Waals surface area contributed by atoms with E-state index in [1.54, 1.807) is 12.4 Å². The highest BCUT2D eigenvalue weighted by Gasteiger charge is 1.95. The fraction of sp³-hybridized carbons (Fsp3) is 0. The van der Waals surface area contributed by atoms with Crippen LogP contribution in [0.25, 0.3) is 5.52 Å². The van der Waals surface area contributed by atoms with Gasteiger partial charge in [-0.2, -0.15) is 5.26 Å². The van der Waals surface area contributed by atoms with Crippen LogP contribution in [0.15, 0.2) is 18.6 Å². The second kappa shape index (κ2) is 2.02. The van der Waals surface area contributed by atoms with Gasteiger partial charge in [-0.1, -0.05) is 5.21 Å². The second-order valence-electron chi connectivity index (χ2n) is 1.99. The summed E-state index contributed by atoms with van der Waals surface area (Å²) in [5.74, 6) is 0. The highest BCUT2D eigenvalue weighted by Crippen LogP contribution is 1.97. The minimum Gasteiger partial charge on any atom is -0.242 e. The molecule has 0 saturated heterocycles. The Labute approximate surface area is 61.9 Å². The summed E-state index contributed by atoms with van der Waals surface area (Å²) in [7, 11) is 0. The zero-order chi connectivity index (χ0) is 7.68. The fourth-order valence-electron chi connectivity index (χ4n) is 0.787. The molecule has 0 aromatic carbocycles. The molecule has 0 aliphatic rings. The molecule has 0 fully saturated rings. The average molecular weight is 145 g/mol. The van der Waals surface area contributed by atoms with Crippen molar-refractivity contribution in [1.29, 1.82) is 5.26 Å².